The van der Waals surface area contributed by atoms with Crippen LogP contribution >= 0.6 is 20.2 Å². The van der Waals surface area contributed by atoms with Crippen molar-refractivity contribution in [2.45, 2.75) is 11.8 Å². The van der Waals surface area contributed by atoms with E-state index >= 15 is 0 Å². The molecule has 0 saturated carbocycles. The van der Waals surface area contributed by atoms with Crippen molar-refractivity contribution >= 4 is 30.4 Å². The Bertz CT molecular complexity index is 1050. The molecule has 0 fully saturated rings. The molecule has 0 amide bonds. The normalized spacial score (nSPS) is 11.9. The van der Waals surface area contributed by atoms with Crippen LogP contribution in [-0.4, -0.2) is 42.0 Å². The summed E-state index contributed by atoms with van der Waals surface area (Å²) in [6, 6.07) is 23.6. The van der Waals surface area contributed by atoms with Crippen LogP contribution in [0.3, 0.4) is 0 Å². The van der Waals surface area contributed by atoms with Crippen LogP contribution < -0.4 is 4.74 Å². The summed E-state index contributed by atoms with van der Waals surface area (Å²) in [7, 11) is -2.27. The Hall–Kier alpha value is -1.98. The first-order chi connectivity index (χ1) is 15.5. The SMILES string of the molecule is COCCOCCOc1ccc(I(OS(=O)(=O)c2ccc(C)cc2)c2ccccc2)cc1. The van der Waals surface area contributed by atoms with E-state index in [0.717, 1.165) is 12.7 Å². The summed E-state index contributed by atoms with van der Waals surface area (Å²) in [6.45, 7) is 3.87. The Morgan fingerprint density at radius 3 is 2.03 bits per heavy atom. The van der Waals surface area contributed by atoms with E-state index in [1.54, 1.807) is 31.4 Å². The summed E-state index contributed by atoms with van der Waals surface area (Å²) in [5, 5.41) is 0. The van der Waals surface area contributed by atoms with Gasteiger partial charge in [-0.05, 0) is 0 Å². The zero-order valence-electron chi connectivity index (χ0n) is 18.1. The van der Waals surface area contributed by atoms with Gasteiger partial charge in [0.2, 0.25) is 0 Å². The molecule has 6 nitrogen and oxygen atoms in total. The number of halogens is 1. The van der Waals surface area contributed by atoms with Crippen LogP contribution in [0.2, 0.25) is 0 Å². The van der Waals surface area contributed by atoms with Crippen LogP contribution in [0, 0.1) is 14.1 Å². The number of ether oxygens (including phenoxy) is 3. The fourth-order valence-electron chi connectivity index (χ4n) is 2.66. The fourth-order valence-corrected chi connectivity index (χ4v) is 9.60. The van der Waals surface area contributed by atoms with Crippen molar-refractivity contribution in [1.29, 1.82) is 0 Å². The summed E-state index contributed by atoms with van der Waals surface area (Å²) in [6.07, 6.45) is 0. The van der Waals surface area contributed by atoms with Gasteiger partial charge in [-0.3, -0.25) is 0 Å². The fraction of sp³-hybridized carbons (Fsp3) is 0.250. The van der Waals surface area contributed by atoms with Crippen LogP contribution in [-0.2, 0) is 22.1 Å². The third-order valence-electron chi connectivity index (χ3n) is 4.33. The van der Waals surface area contributed by atoms with Crippen LogP contribution in [0.5, 0.6) is 5.75 Å². The van der Waals surface area contributed by atoms with Gasteiger partial charge in [0.25, 0.3) is 0 Å². The molecule has 0 N–H and O–H groups in total. The minimum atomic E-state index is -3.90. The molecule has 0 aliphatic rings. The second-order valence-electron chi connectivity index (χ2n) is 6.78. The molecule has 3 aromatic rings. The van der Waals surface area contributed by atoms with E-state index < -0.39 is 30.4 Å². The summed E-state index contributed by atoms with van der Waals surface area (Å²) in [4.78, 5) is 0.162. The van der Waals surface area contributed by atoms with E-state index in [-0.39, 0.29) is 4.90 Å². The molecule has 0 radical (unpaired) electrons. The van der Waals surface area contributed by atoms with Crippen molar-refractivity contribution in [3.63, 3.8) is 0 Å². The molecule has 8 heteroatoms. The van der Waals surface area contributed by atoms with Crippen molar-refractivity contribution in [2.24, 2.45) is 0 Å². The minimum absolute atomic E-state index is 0.162. The van der Waals surface area contributed by atoms with Gasteiger partial charge in [-0.15, -0.1) is 0 Å². The maximum absolute atomic E-state index is 13.0. The molecule has 0 heterocycles. The quantitative estimate of drug-likeness (QED) is 0.228. The van der Waals surface area contributed by atoms with Gasteiger partial charge in [-0.1, -0.05) is 0 Å². The Labute approximate surface area is 197 Å². The molecule has 0 saturated heterocycles. The van der Waals surface area contributed by atoms with Gasteiger partial charge in [0, 0.05) is 0 Å². The van der Waals surface area contributed by atoms with E-state index in [9.17, 15) is 8.42 Å². The Morgan fingerprint density at radius 2 is 1.38 bits per heavy atom. The van der Waals surface area contributed by atoms with E-state index in [2.05, 4.69) is 0 Å². The second-order valence-corrected chi connectivity index (χ2v) is 13.3. The van der Waals surface area contributed by atoms with Crippen molar-refractivity contribution in [3.05, 3.63) is 91.6 Å². The Balaban J connectivity index is 1.74. The van der Waals surface area contributed by atoms with Gasteiger partial charge in [0.15, 0.2) is 0 Å². The van der Waals surface area contributed by atoms with Crippen molar-refractivity contribution < 1.29 is 25.1 Å². The zero-order chi connectivity index (χ0) is 22.8. The average molecular weight is 570 g/mol. The molecule has 32 heavy (non-hydrogen) atoms. The van der Waals surface area contributed by atoms with Crippen molar-refractivity contribution in [2.75, 3.05) is 33.5 Å². The first kappa shape index (κ1) is 24.7. The molecule has 0 aromatic heterocycles. The molecule has 0 unspecified atom stereocenters. The number of benzene rings is 3. The number of methoxy groups -OCH3 is 1. The molecule has 3 rings (SSSR count). The topological polar surface area (TPSA) is 71.1 Å². The molecule has 0 spiro atoms. The number of aryl methyl sites for hydroxylation is 1. The average Bonchev–Trinajstić information content (AvgIpc) is 2.81. The summed E-state index contributed by atoms with van der Waals surface area (Å²) in [5.74, 6) is 0.689. The van der Waals surface area contributed by atoms with Crippen molar-refractivity contribution in [3.8, 4) is 5.75 Å². The van der Waals surface area contributed by atoms with Gasteiger partial charge in [-0.25, -0.2) is 0 Å². The second kappa shape index (κ2) is 12.3. The first-order valence-corrected chi connectivity index (χ1v) is 14.5. The molecule has 172 valence electrons. The Kier molecular flexibility index (Phi) is 9.49. The van der Waals surface area contributed by atoms with E-state index in [4.69, 9.17) is 16.7 Å². The third kappa shape index (κ3) is 7.28. The summed E-state index contributed by atoms with van der Waals surface area (Å²) >= 11 is -2.73. The molecule has 0 aliphatic heterocycles. The first-order valence-electron chi connectivity index (χ1n) is 10.1. The molecular weight excluding hydrogens is 543 g/mol. The van der Waals surface area contributed by atoms with Crippen molar-refractivity contribution in [1.82, 2.24) is 0 Å². The Morgan fingerprint density at radius 1 is 0.750 bits per heavy atom. The number of hydrogen-bond acceptors (Lipinski definition) is 6. The van der Waals surface area contributed by atoms with Gasteiger partial charge < -0.3 is 0 Å². The maximum atomic E-state index is 13.0. The number of rotatable bonds is 12. The van der Waals surface area contributed by atoms with Gasteiger partial charge in [0.1, 0.15) is 0 Å². The number of hydrogen-bond donors (Lipinski definition) is 0. The van der Waals surface area contributed by atoms with E-state index in [1.807, 2.05) is 61.5 Å². The van der Waals surface area contributed by atoms with Crippen LogP contribution in [0.15, 0.2) is 83.8 Å². The molecule has 0 atom stereocenters. The van der Waals surface area contributed by atoms with E-state index in [1.165, 1.54) is 0 Å². The van der Waals surface area contributed by atoms with Crippen LogP contribution in [0.25, 0.3) is 0 Å². The van der Waals surface area contributed by atoms with Gasteiger partial charge >= 0.3 is 198 Å². The predicted octanol–water partition coefficient (Wildman–Crippen LogP) is 4.90. The molecule has 0 aliphatic carbocycles. The van der Waals surface area contributed by atoms with Gasteiger partial charge in [0.05, 0.1) is 0 Å². The van der Waals surface area contributed by atoms with Gasteiger partial charge in [-0.2, -0.15) is 0 Å². The summed E-state index contributed by atoms with van der Waals surface area (Å²) < 4.78 is 49.6. The molecule has 3 aromatic carbocycles. The predicted molar refractivity (Wildman–Crippen MR) is 132 cm³/mol. The standard InChI is InChI=1S/C24H27IO6S/c1-20-8-14-24(15-9-20)32(26,27)31-25(21-6-4-3-5-7-21)22-10-12-23(13-11-22)30-19-18-29-17-16-28-2/h3-15H,16-19H2,1-2H3. The zero-order valence-corrected chi connectivity index (χ0v) is 21.0. The molecular formula is C24H27IO6S. The molecule has 0 bridgehead atoms. The van der Waals surface area contributed by atoms with Crippen LogP contribution in [0.4, 0.5) is 0 Å². The van der Waals surface area contributed by atoms with Crippen LogP contribution in [0.1, 0.15) is 5.56 Å². The summed E-state index contributed by atoms with van der Waals surface area (Å²) in [5.41, 5.74) is 0.988. The third-order valence-corrected chi connectivity index (χ3v) is 11.7. The van der Waals surface area contributed by atoms with E-state index in [0.29, 0.717) is 32.2 Å². The monoisotopic (exact) mass is 570 g/mol.